The van der Waals surface area contributed by atoms with Crippen LogP contribution in [0.4, 0.5) is 10.1 Å². The molecule has 6 nitrogen and oxygen atoms in total. The van der Waals surface area contributed by atoms with Gasteiger partial charge in [-0.2, -0.15) is 0 Å². The van der Waals surface area contributed by atoms with Crippen LogP contribution in [0.5, 0.6) is 0 Å². The second-order valence-corrected chi connectivity index (χ2v) is 4.08. The SMILES string of the molecule is COC(=O)c1ccc(F)cc1NC(=O)c1ccc(=O)[nH]c1. The van der Waals surface area contributed by atoms with Gasteiger partial charge in [-0.1, -0.05) is 0 Å². The minimum absolute atomic E-state index is 0.0157. The Morgan fingerprint density at radius 3 is 2.62 bits per heavy atom. The largest absolute Gasteiger partial charge is 0.465 e. The zero-order chi connectivity index (χ0) is 15.4. The van der Waals surface area contributed by atoms with Crippen molar-refractivity contribution in [1.82, 2.24) is 4.98 Å². The molecule has 0 aliphatic rings. The highest BCUT2D eigenvalue weighted by molar-refractivity contribution is 6.07. The number of hydrogen-bond donors (Lipinski definition) is 2. The van der Waals surface area contributed by atoms with E-state index >= 15 is 0 Å². The van der Waals surface area contributed by atoms with Crippen molar-refractivity contribution in [2.24, 2.45) is 0 Å². The molecule has 0 fully saturated rings. The van der Waals surface area contributed by atoms with Gasteiger partial charge in [0.15, 0.2) is 0 Å². The van der Waals surface area contributed by atoms with Crippen LogP contribution in [0.15, 0.2) is 41.3 Å². The molecule has 0 aliphatic carbocycles. The fraction of sp³-hybridized carbons (Fsp3) is 0.0714. The second-order valence-electron chi connectivity index (χ2n) is 4.08. The van der Waals surface area contributed by atoms with E-state index in [4.69, 9.17) is 0 Å². The van der Waals surface area contributed by atoms with Gasteiger partial charge in [-0.25, -0.2) is 9.18 Å². The molecule has 108 valence electrons. The highest BCUT2D eigenvalue weighted by Crippen LogP contribution is 2.19. The summed E-state index contributed by atoms with van der Waals surface area (Å²) >= 11 is 0. The molecular weight excluding hydrogens is 279 g/mol. The summed E-state index contributed by atoms with van der Waals surface area (Å²) in [6, 6.07) is 5.80. The lowest BCUT2D eigenvalue weighted by molar-refractivity contribution is 0.0602. The normalized spacial score (nSPS) is 10.0. The maximum Gasteiger partial charge on any atom is 0.339 e. The van der Waals surface area contributed by atoms with Crippen molar-refractivity contribution < 1.29 is 18.7 Å². The molecule has 0 saturated heterocycles. The lowest BCUT2D eigenvalue weighted by atomic mass is 10.1. The molecule has 7 heteroatoms. The number of methoxy groups -OCH3 is 1. The average molecular weight is 290 g/mol. The Hall–Kier alpha value is -2.96. The average Bonchev–Trinajstić information content (AvgIpc) is 2.47. The fourth-order valence-corrected chi connectivity index (χ4v) is 1.65. The third kappa shape index (κ3) is 3.33. The Kier molecular flexibility index (Phi) is 4.13. The molecule has 0 radical (unpaired) electrons. The van der Waals surface area contributed by atoms with Gasteiger partial charge < -0.3 is 15.0 Å². The number of benzene rings is 1. The minimum atomic E-state index is -0.702. The van der Waals surface area contributed by atoms with Crippen LogP contribution < -0.4 is 10.9 Å². The number of esters is 1. The summed E-state index contributed by atoms with van der Waals surface area (Å²) in [5, 5.41) is 2.40. The summed E-state index contributed by atoms with van der Waals surface area (Å²) in [6.07, 6.45) is 1.22. The molecule has 1 aromatic carbocycles. The van der Waals surface area contributed by atoms with Gasteiger partial charge in [-0.05, 0) is 24.3 Å². The standard InChI is InChI=1S/C14H11FN2O4/c1-21-14(20)10-4-3-9(15)6-11(10)17-13(19)8-2-5-12(18)16-7-8/h2-7H,1H3,(H,16,18)(H,17,19). The van der Waals surface area contributed by atoms with Gasteiger partial charge in [0.2, 0.25) is 5.56 Å². The summed E-state index contributed by atoms with van der Waals surface area (Å²) in [5.41, 5.74) is -0.183. The molecule has 21 heavy (non-hydrogen) atoms. The summed E-state index contributed by atoms with van der Waals surface area (Å²) in [6.45, 7) is 0. The molecule has 0 unspecified atom stereocenters. The van der Waals surface area contributed by atoms with Crippen molar-refractivity contribution in [3.8, 4) is 0 Å². The summed E-state index contributed by atoms with van der Waals surface area (Å²) < 4.78 is 17.8. The maximum atomic E-state index is 13.3. The van der Waals surface area contributed by atoms with Crippen LogP contribution in [0.25, 0.3) is 0 Å². The van der Waals surface area contributed by atoms with E-state index in [2.05, 4.69) is 15.0 Å². The smallest absolute Gasteiger partial charge is 0.339 e. The summed E-state index contributed by atoms with van der Waals surface area (Å²) in [7, 11) is 1.18. The molecule has 0 bridgehead atoms. The summed E-state index contributed by atoms with van der Waals surface area (Å²) in [5.74, 6) is -1.91. The van der Waals surface area contributed by atoms with Gasteiger partial charge in [-0.3, -0.25) is 9.59 Å². The molecule has 1 heterocycles. The second kappa shape index (κ2) is 6.00. The lowest BCUT2D eigenvalue weighted by Crippen LogP contribution is -2.17. The third-order valence-electron chi connectivity index (χ3n) is 2.68. The number of ether oxygens (including phenoxy) is 1. The third-order valence-corrected chi connectivity index (χ3v) is 2.68. The quantitative estimate of drug-likeness (QED) is 0.839. The van der Waals surface area contributed by atoms with E-state index in [1.165, 1.54) is 31.5 Å². The zero-order valence-corrected chi connectivity index (χ0v) is 11.0. The number of nitrogens with one attached hydrogen (secondary N) is 2. The molecule has 2 rings (SSSR count). The van der Waals surface area contributed by atoms with Crippen molar-refractivity contribution in [3.05, 3.63) is 63.8 Å². The predicted octanol–water partition coefficient (Wildman–Crippen LogP) is 1.55. The first-order valence-electron chi connectivity index (χ1n) is 5.89. The number of H-pyrrole nitrogens is 1. The van der Waals surface area contributed by atoms with Crippen molar-refractivity contribution in [2.45, 2.75) is 0 Å². The van der Waals surface area contributed by atoms with Gasteiger partial charge in [0.1, 0.15) is 5.82 Å². The number of aromatic nitrogens is 1. The molecule has 0 aliphatic heterocycles. The number of carbonyl (C=O) groups is 2. The van der Waals surface area contributed by atoms with Crippen molar-refractivity contribution in [2.75, 3.05) is 12.4 Å². The molecule has 1 aromatic heterocycles. The molecule has 1 amide bonds. The number of anilines is 1. The van der Waals surface area contributed by atoms with E-state index < -0.39 is 17.7 Å². The van der Waals surface area contributed by atoms with Crippen molar-refractivity contribution in [3.63, 3.8) is 0 Å². The van der Waals surface area contributed by atoms with E-state index in [-0.39, 0.29) is 22.4 Å². The number of halogens is 1. The Labute approximate surface area is 118 Å². The highest BCUT2D eigenvalue weighted by Gasteiger charge is 2.15. The Morgan fingerprint density at radius 1 is 1.24 bits per heavy atom. The van der Waals surface area contributed by atoms with E-state index in [1.54, 1.807) is 0 Å². The first kappa shape index (κ1) is 14.4. The topological polar surface area (TPSA) is 88.3 Å². The molecular formula is C14H11FN2O4. The highest BCUT2D eigenvalue weighted by atomic mass is 19.1. The first-order chi connectivity index (χ1) is 10.0. The van der Waals surface area contributed by atoms with E-state index in [9.17, 15) is 18.8 Å². The van der Waals surface area contributed by atoms with Gasteiger partial charge in [-0.15, -0.1) is 0 Å². The molecule has 0 saturated carbocycles. The van der Waals surface area contributed by atoms with Gasteiger partial charge >= 0.3 is 5.97 Å². The lowest BCUT2D eigenvalue weighted by Gasteiger charge is -2.09. The van der Waals surface area contributed by atoms with Crippen LogP contribution in [0.2, 0.25) is 0 Å². The number of carbonyl (C=O) groups excluding carboxylic acids is 2. The number of amides is 1. The van der Waals surface area contributed by atoms with Crippen LogP contribution in [-0.2, 0) is 4.74 Å². The van der Waals surface area contributed by atoms with Crippen molar-refractivity contribution >= 4 is 17.6 Å². The number of aromatic amines is 1. The van der Waals surface area contributed by atoms with Crippen molar-refractivity contribution in [1.29, 1.82) is 0 Å². The molecule has 2 N–H and O–H groups in total. The monoisotopic (exact) mass is 290 g/mol. The van der Waals surface area contributed by atoms with Gasteiger partial charge in [0.05, 0.1) is 23.9 Å². The van der Waals surface area contributed by atoms with Crippen LogP contribution >= 0.6 is 0 Å². The Balaban J connectivity index is 2.32. The van der Waals surface area contributed by atoms with Crippen LogP contribution in [0.1, 0.15) is 20.7 Å². The Morgan fingerprint density at radius 2 is 2.00 bits per heavy atom. The minimum Gasteiger partial charge on any atom is -0.465 e. The van der Waals surface area contributed by atoms with Gasteiger partial charge in [0, 0.05) is 12.3 Å². The van der Waals surface area contributed by atoms with Gasteiger partial charge in [0.25, 0.3) is 5.91 Å². The summed E-state index contributed by atoms with van der Waals surface area (Å²) in [4.78, 5) is 36.8. The van der Waals surface area contributed by atoms with Crippen LogP contribution in [-0.4, -0.2) is 24.0 Å². The van der Waals surface area contributed by atoms with E-state index in [1.807, 2.05) is 0 Å². The number of pyridine rings is 1. The molecule has 0 atom stereocenters. The fourth-order valence-electron chi connectivity index (χ4n) is 1.65. The zero-order valence-electron chi connectivity index (χ0n) is 11.0. The Bertz CT molecular complexity index is 734. The maximum absolute atomic E-state index is 13.3. The van der Waals surface area contributed by atoms with E-state index in [0.29, 0.717) is 0 Å². The van der Waals surface area contributed by atoms with Crippen LogP contribution in [0, 0.1) is 5.82 Å². The molecule has 0 spiro atoms. The molecule has 2 aromatic rings. The van der Waals surface area contributed by atoms with Crippen LogP contribution in [0.3, 0.4) is 0 Å². The predicted molar refractivity (Wildman–Crippen MR) is 72.8 cm³/mol. The number of rotatable bonds is 3. The van der Waals surface area contributed by atoms with E-state index in [0.717, 1.165) is 12.1 Å². The first-order valence-corrected chi connectivity index (χ1v) is 5.89. The number of hydrogen-bond acceptors (Lipinski definition) is 4.